The number of benzene rings is 1. The molecule has 4 heterocycles. The van der Waals surface area contributed by atoms with Crippen molar-refractivity contribution in [3.8, 4) is 0 Å². The number of carbonyl (C=O) groups is 3. The molecule has 0 spiro atoms. The van der Waals surface area contributed by atoms with Crippen molar-refractivity contribution < 1.29 is 23.2 Å². The molecule has 0 bridgehead atoms. The molecule has 3 aromatic heterocycles. The molecular weight excluding hydrogens is 428 g/mol. The van der Waals surface area contributed by atoms with Gasteiger partial charge in [0.05, 0.1) is 43.3 Å². The van der Waals surface area contributed by atoms with Crippen molar-refractivity contribution in [1.82, 2.24) is 9.80 Å². The predicted octanol–water partition coefficient (Wildman–Crippen LogP) is 4.57. The summed E-state index contributed by atoms with van der Waals surface area (Å²) in [7, 11) is 0. The Balaban J connectivity index is 1.42. The quantitative estimate of drug-likeness (QED) is 0.388. The second kappa shape index (κ2) is 8.32. The summed E-state index contributed by atoms with van der Waals surface area (Å²) in [5.74, 6) is 0.0870. The van der Waals surface area contributed by atoms with Gasteiger partial charge in [0.25, 0.3) is 17.7 Å². The SMILES string of the molecule is O=C(c1ccc2c(c1)C(=O)N(Cc1ccco1)C2=O)N(Cc1ccco1)Cc1cccs1. The van der Waals surface area contributed by atoms with Gasteiger partial charge in [-0.1, -0.05) is 6.07 Å². The average molecular weight is 446 g/mol. The van der Waals surface area contributed by atoms with Crippen LogP contribution < -0.4 is 0 Å². The first-order valence-electron chi connectivity index (χ1n) is 9.97. The fourth-order valence-corrected chi connectivity index (χ4v) is 4.41. The zero-order valence-corrected chi connectivity index (χ0v) is 17.7. The van der Waals surface area contributed by atoms with Crippen molar-refractivity contribution >= 4 is 29.1 Å². The first-order chi connectivity index (χ1) is 15.6. The molecule has 0 aliphatic carbocycles. The average Bonchev–Trinajstić information content (AvgIpc) is 3.61. The number of fused-ring (bicyclic) bond motifs is 1. The maximum absolute atomic E-state index is 13.4. The first-order valence-corrected chi connectivity index (χ1v) is 10.8. The largest absolute Gasteiger partial charge is 0.467 e. The molecule has 0 N–H and O–H groups in total. The highest BCUT2D eigenvalue weighted by molar-refractivity contribution is 7.09. The van der Waals surface area contributed by atoms with Crippen molar-refractivity contribution in [1.29, 1.82) is 0 Å². The number of amides is 3. The van der Waals surface area contributed by atoms with Crippen LogP contribution in [0.3, 0.4) is 0 Å². The van der Waals surface area contributed by atoms with E-state index < -0.39 is 11.8 Å². The van der Waals surface area contributed by atoms with E-state index in [0.29, 0.717) is 23.6 Å². The third kappa shape index (κ3) is 3.76. The Morgan fingerprint density at radius 2 is 1.62 bits per heavy atom. The zero-order valence-electron chi connectivity index (χ0n) is 16.9. The van der Waals surface area contributed by atoms with Gasteiger partial charge in [0.15, 0.2) is 0 Å². The molecule has 0 radical (unpaired) electrons. The van der Waals surface area contributed by atoms with Crippen LogP contribution >= 0.6 is 11.3 Å². The van der Waals surface area contributed by atoms with E-state index in [9.17, 15) is 14.4 Å². The van der Waals surface area contributed by atoms with Crippen LogP contribution in [0.2, 0.25) is 0 Å². The van der Waals surface area contributed by atoms with E-state index in [-0.39, 0.29) is 30.1 Å². The summed E-state index contributed by atoms with van der Waals surface area (Å²) in [6.07, 6.45) is 3.06. The summed E-state index contributed by atoms with van der Waals surface area (Å²) < 4.78 is 10.7. The number of carbonyl (C=O) groups excluding carboxylic acids is 3. The lowest BCUT2D eigenvalue weighted by atomic mass is 10.0. The minimum Gasteiger partial charge on any atom is -0.467 e. The van der Waals surface area contributed by atoms with Crippen molar-refractivity contribution in [2.75, 3.05) is 0 Å². The summed E-state index contributed by atoms with van der Waals surface area (Å²) >= 11 is 1.56. The van der Waals surface area contributed by atoms with Gasteiger partial charge in [0, 0.05) is 10.4 Å². The number of nitrogens with zero attached hydrogens (tertiary/aromatic N) is 2. The summed E-state index contributed by atoms with van der Waals surface area (Å²) in [5.41, 5.74) is 0.850. The third-order valence-electron chi connectivity index (χ3n) is 5.25. The maximum Gasteiger partial charge on any atom is 0.261 e. The smallest absolute Gasteiger partial charge is 0.261 e. The van der Waals surface area contributed by atoms with E-state index in [1.807, 2.05) is 23.6 Å². The van der Waals surface area contributed by atoms with Gasteiger partial charge in [0.2, 0.25) is 0 Å². The van der Waals surface area contributed by atoms with Crippen molar-refractivity contribution in [3.63, 3.8) is 0 Å². The van der Waals surface area contributed by atoms with Crippen LogP contribution in [0.4, 0.5) is 0 Å². The highest BCUT2D eigenvalue weighted by Crippen LogP contribution is 2.27. The lowest BCUT2D eigenvalue weighted by Gasteiger charge is -2.21. The molecule has 1 aliphatic heterocycles. The van der Waals surface area contributed by atoms with Crippen molar-refractivity contribution in [2.24, 2.45) is 0 Å². The Bertz CT molecular complexity index is 1220. The van der Waals surface area contributed by atoms with Crippen molar-refractivity contribution in [3.05, 3.63) is 106 Å². The molecular formula is C24H18N2O5S. The molecule has 0 fully saturated rings. The molecule has 0 saturated heterocycles. The zero-order chi connectivity index (χ0) is 22.1. The van der Waals surface area contributed by atoms with E-state index in [2.05, 4.69) is 0 Å². The monoisotopic (exact) mass is 446 g/mol. The van der Waals surface area contributed by atoms with Crippen LogP contribution in [-0.4, -0.2) is 27.5 Å². The van der Waals surface area contributed by atoms with Crippen molar-refractivity contribution in [2.45, 2.75) is 19.6 Å². The normalized spacial score (nSPS) is 12.9. The highest BCUT2D eigenvalue weighted by Gasteiger charge is 2.36. The van der Waals surface area contributed by atoms with Gasteiger partial charge < -0.3 is 13.7 Å². The second-order valence-electron chi connectivity index (χ2n) is 7.36. The molecule has 0 atom stereocenters. The van der Waals surface area contributed by atoms with Gasteiger partial charge in [-0.3, -0.25) is 19.3 Å². The number of hydrogen-bond donors (Lipinski definition) is 0. The van der Waals surface area contributed by atoms with Crippen LogP contribution in [0.5, 0.6) is 0 Å². The van der Waals surface area contributed by atoms with Gasteiger partial charge >= 0.3 is 0 Å². The minimum absolute atomic E-state index is 0.0472. The summed E-state index contributed by atoms with van der Waals surface area (Å²) in [6, 6.07) is 15.5. The summed E-state index contributed by atoms with van der Waals surface area (Å²) in [6.45, 7) is 0.746. The molecule has 5 rings (SSSR count). The Hall–Kier alpha value is -3.91. The Kier molecular flexibility index (Phi) is 5.20. The molecule has 8 heteroatoms. The second-order valence-corrected chi connectivity index (χ2v) is 8.39. The molecule has 0 saturated carbocycles. The van der Waals surface area contributed by atoms with Gasteiger partial charge in [-0.25, -0.2) is 0 Å². The van der Waals surface area contributed by atoms with E-state index >= 15 is 0 Å². The van der Waals surface area contributed by atoms with Crippen LogP contribution in [0.25, 0.3) is 0 Å². The number of rotatable bonds is 7. The topological polar surface area (TPSA) is 84.0 Å². The van der Waals surface area contributed by atoms with Crippen LogP contribution in [0.15, 0.2) is 81.3 Å². The highest BCUT2D eigenvalue weighted by atomic mass is 32.1. The number of hydrogen-bond acceptors (Lipinski definition) is 6. The Morgan fingerprint density at radius 3 is 2.31 bits per heavy atom. The van der Waals surface area contributed by atoms with Crippen LogP contribution in [-0.2, 0) is 19.6 Å². The fourth-order valence-electron chi connectivity index (χ4n) is 3.69. The summed E-state index contributed by atoms with van der Waals surface area (Å²) in [4.78, 5) is 42.9. The predicted molar refractivity (Wildman–Crippen MR) is 116 cm³/mol. The fraction of sp³-hybridized carbons (Fsp3) is 0.125. The minimum atomic E-state index is -0.438. The number of furan rings is 2. The van der Waals surface area contributed by atoms with Gasteiger partial charge in [0.1, 0.15) is 11.5 Å². The molecule has 1 aromatic carbocycles. The van der Waals surface area contributed by atoms with Gasteiger partial charge in [-0.05, 0) is 53.9 Å². The molecule has 32 heavy (non-hydrogen) atoms. The molecule has 1 aliphatic rings. The lowest BCUT2D eigenvalue weighted by Crippen LogP contribution is -2.30. The molecule has 160 valence electrons. The van der Waals surface area contributed by atoms with Crippen LogP contribution in [0.1, 0.15) is 47.5 Å². The van der Waals surface area contributed by atoms with Gasteiger partial charge in [-0.15, -0.1) is 11.3 Å². The van der Waals surface area contributed by atoms with E-state index in [0.717, 1.165) is 9.78 Å². The summed E-state index contributed by atoms with van der Waals surface area (Å²) in [5, 5.41) is 1.96. The number of thiophene rings is 1. The molecule has 4 aromatic rings. The lowest BCUT2D eigenvalue weighted by molar-refractivity contribution is 0.0631. The standard InChI is InChI=1S/C24H18N2O5S/c27-22(25(13-17-4-1-9-30-17)15-19-6-3-11-32-19)16-7-8-20-21(12-16)24(29)26(23(20)28)14-18-5-2-10-31-18/h1-12H,13-15H2. The first kappa shape index (κ1) is 20.0. The molecule has 0 unspecified atom stereocenters. The van der Waals surface area contributed by atoms with Crippen LogP contribution in [0, 0.1) is 0 Å². The molecule has 7 nitrogen and oxygen atoms in total. The van der Waals surface area contributed by atoms with E-state index in [1.165, 1.54) is 12.3 Å². The van der Waals surface area contributed by atoms with Gasteiger partial charge in [-0.2, -0.15) is 0 Å². The Morgan fingerprint density at radius 1 is 0.875 bits per heavy atom. The maximum atomic E-state index is 13.4. The molecule has 3 amide bonds. The van der Waals surface area contributed by atoms with E-state index in [1.54, 1.807) is 52.8 Å². The third-order valence-corrected chi connectivity index (χ3v) is 6.11. The Labute approximate surface area is 187 Å². The van der Waals surface area contributed by atoms with E-state index in [4.69, 9.17) is 8.83 Å². The number of imide groups is 1.